The summed E-state index contributed by atoms with van der Waals surface area (Å²) in [4.78, 5) is 12.7. The molecule has 0 saturated heterocycles. The number of rotatable bonds is 3. The predicted molar refractivity (Wildman–Crippen MR) is 66.9 cm³/mol. The molecule has 7 nitrogen and oxygen atoms in total. The minimum Gasteiger partial charge on any atom is -0.459 e. The highest BCUT2D eigenvalue weighted by Crippen LogP contribution is 2.23. The molecule has 3 heterocycles. The fourth-order valence-corrected chi connectivity index (χ4v) is 2.44. The van der Waals surface area contributed by atoms with Crippen LogP contribution in [0.3, 0.4) is 0 Å². The SMILES string of the molecule is Cc1nnsc1C(C)n1nc(-c2ccco2)oc1=O. The summed E-state index contributed by atoms with van der Waals surface area (Å²) >= 11 is 1.24. The van der Waals surface area contributed by atoms with Gasteiger partial charge in [-0.05, 0) is 37.5 Å². The van der Waals surface area contributed by atoms with Gasteiger partial charge in [-0.2, -0.15) is 4.68 Å². The van der Waals surface area contributed by atoms with Crippen molar-refractivity contribution in [3.05, 3.63) is 39.5 Å². The topological polar surface area (TPSA) is 86.9 Å². The van der Waals surface area contributed by atoms with Crippen molar-refractivity contribution in [2.45, 2.75) is 19.9 Å². The Labute approximate surface area is 111 Å². The first kappa shape index (κ1) is 11.8. The zero-order chi connectivity index (χ0) is 13.4. The van der Waals surface area contributed by atoms with Crippen molar-refractivity contribution in [3.63, 3.8) is 0 Å². The number of aryl methyl sites for hydroxylation is 1. The lowest BCUT2D eigenvalue weighted by Gasteiger charge is -2.06. The Balaban J connectivity index is 2.03. The lowest BCUT2D eigenvalue weighted by atomic mass is 10.2. The lowest BCUT2D eigenvalue weighted by molar-refractivity contribution is 0.457. The minimum absolute atomic E-state index is 0.164. The van der Waals surface area contributed by atoms with Gasteiger partial charge in [-0.15, -0.1) is 10.2 Å². The normalized spacial score (nSPS) is 12.7. The van der Waals surface area contributed by atoms with Gasteiger partial charge in [0.2, 0.25) is 0 Å². The molecule has 1 atom stereocenters. The first-order valence-corrected chi connectivity index (χ1v) is 6.36. The highest BCUT2D eigenvalue weighted by atomic mass is 32.1. The molecule has 0 aliphatic rings. The quantitative estimate of drug-likeness (QED) is 0.726. The summed E-state index contributed by atoms with van der Waals surface area (Å²) in [7, 11) is 0. The summed E-state index contributed by atoms with van der Waals surface area (Å²) in [6.45, 7) is 3.69. The molecule has 0 fully saturated rings. The molecule has 0 spiro atoms. The monoisotopic (exact) mass is 278 g/mol. The smallest absolute Gasteiger partial charge is 0.438 e. The van der Waals surface area contributed by atoms with Gasteiger partial charge in [-0.3, -0.25) is 0 Å². The van der Waals surface area contributed by atoms with Crippen molar-refractivity contribution in [1.29, 1.82) is 0 Å². The molecule has 3 rings (SSSR count). The summed E-state index contributed by atoms with van der Waals surface area (Å²) < 4.78 is 15.4. The third kappa shape index (κ3) is 1.99. The van der Waals surface area contributed by atoms with E-state index in [9.17, 15) is 4.79 Å². The van der Waals surface area contributed by atoms with Crippen LogP contribution in [0.15, 0.2) is 32.0 Å². The van der Waals surface area contributed by atoms with E-state index in [4.69, 9.17) is 8.83 Å². The molecule has 98 valence electrons. The van der Waals surface area contributed by atoms with Crippen LogP contribution in [-0.4, -0.2) is 19.4 Å². The Hall–Kier alpha value is -2.22. The molecular formula is C11H10N4O3S. The molecule has 3 aromatic rings. The Morgan fingerprint density at radius 2 is 2.32 bits per heavy atom. The van der Waals surface area contributed by atoms with E-state index in [0.29, 0.717) is 5.76 Å². The Morgan fingerprint density at radius 3 is 2.95 bits per heavy atom. The van der Waals surface area contributed by atoms with E-state index in [2.05, 4.69) is 14.7 Å². The average molecular weight is 278 g/mol. The molecule has 1 unspecified atom stereocenters. The van der Waals surface area contributed by atoms with E-state index in [1.54, 1.807) is 12.1 Å². The van der Waals surface area contributed by atoms with Crippen LogP contribution in [0.5, 0.6) is 0 Å². The largest absolute Gasteiger partial charge is 0.459 e. The van der Waals surface area contributed by atoms with Gasteiger partial charge in [-0.25, -0.2) is 4.79 Å². The second kappa shape index (κ2) is 4.47. The fraction of sp³-hybridized carbons (Fsp3) is 0.273. The second-order valence-electron chi connectivity index (χ2n) is 3.99. The van der Waals surface area contributed by atoms with Crippen LogP contribution >= 0.6 is 11.5 Å². The van der Waals surface area contributed by atoms with Gasteiger partial charge in [0.15, 0.2) is 5.76 Å². The molecule has 0 aliphatic heterocycles. The maximum absolute atomic E-state index is 11.8. The maximum atomic E-state index is 11.8. The zero-order valence-electron chi connectivity index (χ0n) is 10.2. The van der Waals surface area contributed by atoms with E-state index >= 15 is 0 Å². The van der Waals surface area contributed by atoms with Crippen LogP contribution in [0.2, 0.25) is 0 Å². The molecule has 8 heteroatoms. The lowest BCUT2D eigenvalue weighted by Crippen LogP contribution is -2.20. The van der Waals surface area contributed by atoms with Gasteiger partial charge in [0, 0.05) is 0 Å². The highest BCUT2D eigenvalue weighted by molar-refractivity contribution is 7.05. The van der Waals surface area contributed by atoms with Crippen molar-refractivity contribution in [3.8, 4) is 11.7 Å². The van der Waals surface area contributed by atoms with Crippen molar-refractivity contribution >= 4 is 11.5 Å². The number of hydrogen-bond donors (Lipinski definition) is 0. The number of furan rings is 1. The second-order valence-corrected chi connectivity index (χ2v) is 4.78. The van der Waals surface area contributed by atoms with Gasteiger partial charge in [-0.1, -0.05) is 4.49 Å². The predicted octanol–water partition coefficient (Wildman–Crippen LogP) is 1.87. The molecule has 19 heavy (non-hydrogen) atoms. The van der Waals surface area contributed by atoms with E-state index in [1.165, 1.54) is 22.5 Å². The van der Waals surface area contributed by atoms with Crippen LogP contribution in [-0.2, 0) is 0 Å². The third-order valence-electron chi connectivity index (χ3n) is 2.73. The van der Waals surface area contributed by atoms with Crippen molar-refractivity contribution in [1.82, 2.24) is 19.4 Å². The highest BCUT2D eigenvalue weighted by Gasteiger charge is 2.21. The summed E-state index contributed by atoms with van der Waals surface area (Å²) in [5.41, 5.74) is 0.784. The van der Waals surface area contributed by atoms with Gasteiger partial charge in [0.25, 0.3) is 5.89 Å². The maximum Gasteiger partial charge on any atom is 0.438 e. The minimum atomic E-state index is -0.535. The van der Waals surface area contributed by atoms with Crippen molar-refractivity contribution < 1.29 is 8.83 Å². The Kier molecular flexibility index (Phi) is 2.79. The van der Waals surface area contributed by atoms with Gasteiger partial charge in [0.1, 0.15) is 0 Å². The Bertz CT molecular complexity index is 740. The number of aromatic nitrogens is 4. The standard InChI is InChI=1S/C11H10N4O3S/c1-6-9(19-14-12-6)7(2)15-11(16)18-10(13-15)8-4-3-5-17-8/h3-5,7H,1-2H3. The molecule has 0 radical (unpaired) electrons. The number of hydrogen-bond acceptors (Lipinski definition) is 7. The summed E-state index contributed by atoms with van der Waals surface area (Å²) in [6, 6.07) is 3.11. The van der Waals surface area contributed by atoms with Crippen molar-refractivity contribution in [2.75, 3.05) is 0 Å². The molecule has 0 amide bonds. The average Bonchev–Trinajstić information content (AvgIpc) is 3.07. The summed E-state index contributed by atoms with van der Waals surface area (Å²) in [5, 5.41) is 8.07. The molecule has 0 N–H and O–H groups in total. The molecule has 0 aromatic carbocycles. The van der Waals surface area contributed by atoms with Gasteiger partial charge >= 0.3 is 5.76 Å². The van der Waals surface area contributed by atoms with Crippen LogP contribution in [0.4, 0.5) is 0 Å². The fourth-order valence-electron chi connectivity index (χ4n) is 1.76. The zero-order valence-corrected chi connectivity index (χ0v) is 11.0. The summed E-state index contributed by atoms with van der Waals surface area (Å²) in [6.07, 6.45) is 1.50. The first-order chi connectivity index (χ1) is 9.16. The van der Waals surface area contributed by atoms with E-state index in [0.717, 1.165) is 10.6 Å². The van der Waals surface area contributed by atoms with Gasteiger partial charge < -0.3 is 8.83 Å². The molecular weight excluding hydrogens is 268 g/mol. The molecule has 3 aromatic heterocycles. The molecule has 0 bridgehead atoms. The van der Waals surface area contributed by atoms with E-state index in [-0.39, 0.29) is 11.9 Å². The third-order valence-corrected chi connectivity index (χ3v) is 3.73. The van der Waals surface area contributed by atoms with E-state index in [1.807, 2.05) is 13.8 Å². The first-order valence-electron chi connectivity index (χ1n) is 5.59. The summed E-state index contributed by atoms with van der Waals surface area (Å²) in [5.74, 6) is 0.0471. The van der Waals surface area contributed by atoms with Crippen LogP contribution in [0.25, 0.3) is 11.7 Å². The van der Waals surface area contributed by atoms with Crippen LogP contribution in [0.1, 0.15) is 23.5 Å². The molecule has 0 saturated carbocycles. The van der Waals surface area contributed by atoms with Crippen molar-refractivity contribution in [2.24, 2.45) is 0 Å². The van der Waals surface area contributed by atoms with Crippen LogP contribution in [0, 0.1) is 6.92 Å². The Morgan fingerprint density at radius 1 is 1.47 bits per heavy atom. The van der Waals surface area contributed by atoms with Gasteiger partial charge in [0.05, 0.1) is 22.9 Å². The number of nitrogens with zero attached hydrogens (tertiary/aromatic N) is 4. The molecule has 0 aliphatic carbocycles. The van der Waals surface area contributed by atoms with Crippen LogP contribution < -0.4 is 5.76 Å². The van der Waals surface area contributed by atoms with E-state index < -0.39 is 5.76 Å².